The molecule has 0 aliphatic rings. The average molecular weight is 322 g/mol. The van der Waals surface area contributed by atoms with Gasteiger partial charge < -0.3 is 9.88 Å². The van der Waals surface area contributed by atoms with E-state index in [9.17, 15) is 0 Å². The molecule has 2 aromatic heterocycles. The first kappa shape index (κ1) is 14.3. The number of pyridine rings is 1. The average Bonchev–Trinajstić information content (AvgIpc) is 2.79. The van der Waals surface area contributed by atoms with Crippen molar-refractivity contribution in [2.45, 2.75) is 26.9 Å². The minimum atomic E-state index is 0.677. The van der Waals surface area contributed by atoms with Crippen LogP contribution in [0.25, 0.3) is 0 Å². The van der Waals surface area contributed by atoms with Crippen molar-refractivity contribution in [2.75, 3.05) is 6.54 Å². The van der Waals surface area contributed by atoms with Crippen molar-refractivity contribution in [2.24, 2.45) is 5.92 Å². The number of hydrogen-bond donors (Lipinski definition) is 1. The van der Waals surface area contributed by atoms with Crippen molar-refractivity contribution < 1.29 is 0 Å². The third-order valence-corrected chi connectivity index (χ3v) is 3.37. The molecule has 0 amide bonds. The van der Waals surface area contributed by atoms with Crippen molar-refractivity contribution >= 4 is 15.9 Å². The summed E-state index contributed by atoms with van der Waals surface area (Å²) in [6.45, 7) is 7.21. The predicted octanol–water partition coefficient (Wildman–Crippen LogP) is 3.44. The summed E-state index contributed by atoms with van der Waals surface area (Å²) < 4.78 is 3.26. The molecular weight excluding hydrogens is 302 g/mol. The van der Waals surface area contributed by atoms with E-state index in [0.29, 0.717) is 5.92 Å². The van der Waals surface area contributed by atoms with E-state index in [4.69, 9.17) is 0 Å². The lowest BCUT2D eigenvalue weighted by Crippen LogP contribution is -2.21. The summed E-state index contributed by atoms with van der Waals surface area (Å²) in [4.78, 5) is 4.41. The third-order valence-electron chi connectivity index (χ3n) is 2.90. The van der Waals surface area contributed by atoms with Crippen LogP contribution in [-0.2, 0) is 13.1 Å². The molecule has 0 unspecified atom stereocenters. The van der Waals surface area contributed by atoms with Crippen molar-refractivity contribution in [3.63, 3.8) is 0 Å². The third kappa shape index (κ3) is 4.48. The molecule has 4 heteroatoms. The number of halogens is 1. The van der Waals surface area contributed by atoms with E-state index < -0.39 is 0 Å². The first-order chi connectivity index (χ1) is 9.15. The second-order valence-electron chi connectivity index (χ2n) is 5.12. The Bertz CT molecular complexity index is 502. The fraction of sp³-hybridized carbons (Fsp3) is 0.400. The van der Waals surface area contributed by atoms with Crippen LogP contribution < -0.4 is 5.32 Å². The molecule has 0 aliphatic carbocycles. The molecule has 2 rings (SSSR count). The maximum Gasteiger partial charge on any atom is 0.0645 e. The number of hydrogen-bond acceptors (Lipinski definition) is 2. The largest absolute Gasteiger partial charge is 0.344 e. The summed E-state index contributed by atoms with van der Waals surface area (Å²) >= 11 is 3.41. The summed E-state index contributed by atoms with van der Waals surface area (Å²) in [7, 11) is 0. The van der Waals surface area contributed by atoms with E-state index in [-0.39, 0.29) is 0 Å². The molecule has 19 heavy (non-hydrogen) atoms. The summed E-state index contributed by atoms with van der Waals surface area (Å²) in [6, 6.07) is 8.33. The highest BCUT2D eigenvalue weighted by Crippen LogP contribution is 2.10. The lowest BCUT2D eigenvalue weighted by Gasteiger charge is -2.11. The molecule has 3 nitrogen and oxygen atoms in total. The minimum absolute atomic E-state index is 0.677. The SMILES string of the molecule is CC(C)CNCc1cccn1Cc1ccc(Br)cn1. The van der Waals surface area contributed by atoms with Gasteiger partial charge in [0.25, 0.3) is 0 Å². The van der Waals surface area contributed by atoms with Gasteiger partial charge in [0.15, 0.2) is 0 Å². The van der Waals surface area contributed by atoms with Crippen LogP contribution >= 0.6 is 15.9 Å². The monoisotopic (exact) mass is 321 g/mol. The molecule has 0 bridgehead atoms. The Kier molecular flexibility index (Phi) is 5.16. The Hall–Kier alpha value is -1.13. The first-order valence-electron chi connectivity index (χ1n) is 6.60. The summed E-state index contributed by atoms with van der Waals surface area (Å²) in [5, 5.41) is 3.47. The van der Waals surface area contributed by atoms with Crippen molar-refractivity contribution in [1.29, 1.82) is 0 Å². The molecule has 2 aromatic rings. The van der Waals surface area contributed by atoms with Crippen LogP contribution in [0.1, 0.15) is 25.2 Å². The molecule has 0 saturated heterocycles. The molecule has 0 aromatic carbocycles. The van der Waals surface area contributed by atoms with Gasteiger partial charge in [-0.2, -0.15) is 0 Å². The van der Waals surface area contributed by atoms with Gasteiger partial charge in [0.05, 0.1) is 12.2 Å². The molecule has 0 radical (unpaired) electrons. The summed E-state index contributed by atoms with van der Waals surface area (Å²) in [5.41, 5.74) is 2.37. The van der Waals surface area contributed by atoms with Crippen LogP contribution in [0.15, 0.2) is 41.1 Å². The Morgan fingerprint density at radius 3 is 2.84 bits per heavy atom. The first-order valence-corrected chi connectivity index (χ1v) is 7.39. The molecule has 0 fully saturated rings. The molecule has 0 atom stereocenters. The van der Waals surface area contributed by atoms with Gasteiger partial charge >= 0.3 is 0 Å². The predicted molar refractivity (Wildman–Crippen MR) is 82.0 cm³/mol. The van der Waals surface area contributed by atoms with E-state index in [0.717, 1.165) is 29.8 Å². The fourth-order valence-electron chi connectivity index (χ4n) is 1.93. The Morgan fingerprint density at radius 2 is 2.16 bits per heavy atom. The van der Waals surface area contributed by atoms with Crippen molar-refractivity contribution in [1.82, 2.24) is 14.9 Å². The molecule has 2 heterocycles. The van der Waals surface area contributed by atoms with Gasteiger partial charge in [-0.1, -0.05) is 13.8 Å². The Balaban J connectivity index is 1.97. The molecule has 0 saturated carbocycles. The zero-order valence-corrected chi connectivity index (χ0v) is 13.0. The van der Waals surface area contributed by atoms with E-state index in [1.165, 1.54) is 5.69 Å². The van der Waals surface area contributed by atoms with E-state index in [1.807, 2.05) is 12.3 Å². The number of nitrogens with one attached hydrogen (secondary N) is 1. The van der Waals surface area contributed by atoms with Crippen molar-refractivity contribution in [3.05, 3.63) is 52.5 Å². The zero-order valence-electron chi connectivity index (χ0n) is 11.4. The number of rotatable bonds is 6. The highest BCUT2D eigenvalue weighted by molar-refractivity contribution is 9.10. The maximum atomic E-state index is 4.41. The zero-order chi connectivity index (χ0) is 13.7. The normalized spacial score (nSPS) is 11.2. The van der Waals surface area contributed by atoms with E-state index >= 15 is 0 Å². The van der Waals surface area contributed by atoms with Crippen LogP contribution in [0.2, 0.25) is 0 Å². The van der Waals surface area contributed by atoms with Gasteiger partial charge in [0, 0.05) is 29.1 Å². The van der Waals surface area contributed by atoms with E-state index in [2.05, 4.69) is 69.0 Å². The van der Waals surface area contributed by atoms with Gasteiger partial charge in [-0.15, -0.1) is 0 Å². The quantitative estimate of drug-likeness (QED) is 0.883. The maximum absolute atomic E-state index is 4.41. The van der Waals surface area contributed by atoms with Gasteiger partial charge in [-0.25, -0.2) is 0 Å². The van der Waals surface area contributed by atoms with E-state index in [1.54, 1.807) is 0 Å². The van der Waals surface area contributed by atoms with Crippen molar-refractivity contribution in [3.8, 4) is 0 Å². The van der Waals surface area contributed by atoms with Gasteiger partial charge in [0.2, 0.25) is 0 Å². The molecule has 102 valence electrons. The second kappa shape index (κ2) is 6.87. The topological polar surface area (TPSA) is 29.9 Å². The highest BCUT2D eigenvalue weighted by Gasteiger charge is 2.03. The highest BCUT2D eigenvalue weighted by atomic mass is 79.9. The van der Waals surface area contributed by atoms with Crippen LogP contribution in [0, 0.1) is 5.92 Å². The van der Waals surface area contributed by atoms with Crippen LogP contribution in [-0.4, -0.2) is 16.1 Å². The van der Waals surface area contributed by atoms with Crippen LogP contribution in [0.3, 0.4) is 0 Å². The Labute approximate surface area is 123 Å². The molecule has 1 N–H and O–H groups in total. The summed E-state index contributed by atoms with van der Waals surface area (Å²) in [5.74, 6) is 0.677. The molecular formula is C15H20BrN3. The Morgan fingerprint density at radius 1 is 1.32 bits per heavy atom. The molecule has 0 spiro atoms. The smallest absolute Gasteiger partial charge is 0.0645 e. The van der Waals surface area contributed by atoms with Gasteiger partial charge in [-0.3, -0.25) is 4.98 Å². The molecule has 0 aliphatic heterocycles. The number of aromatic nitrogens is 2. The lowest BCUT2D eigenvalue weighted by molar-refractivity contribution is 0.538. The van der Waals surface area contributed by atoms with Gasteiger partial charge in [0.1, 0.15) is 0 Å². The standard InChI is InChI=1S/C15H20BrN3/c1-12(2)8-17-10-15-4-3-7-19(15)11-14-6-5-13(16)9-18-14/h3-7,9,12,17H,8,10-11H2,1-2H3. The summed E-state index contributed by atoms with van der Waals surface area (Å²) in [6.07, 6.45) is 3.95. The minimum Gasteiger partial charge on any atom is -0.344 e. The fourth-order valence-corrected chi connectivity index (χ4v) is 2.16. The number of nitrogens with zero attached hydrogens (tertiary/aromatic N) is 2. The second-order valence-corrected chi connectivity index (χ2v) is 6.04. The van der Waals surface area contributed by atoms with Crippen LogP contribution in [0.4, 0.5) is 0 Å². The van der Waals surface area contributed by atoms with Crippen LogP contribution in [0.5, 0.6) is 0 Å². The van der Waals surface area contributed by atoms with Gasteiger partial charge in [-0.05, 0) is 52.7 Å². The lowest BCUT2D eigenvalue weighted by atomic mass is 10.2.